The van der Waals surface area contributed by atoms with Crippen LogP contribution in [0.3, 0.4) is 0 Å². The lowest BCUT2D eigenvalue weighted by Gasteiger charge is -2.19. The van der Waals surface area contributed by atoms with Crippen LogP contribution in [0.25, 0.3) is 43.8 Å². The van der Waals surface area contributed by atoms with E-state index in [-0.39, 0.29) is 6.04 Å². The number of allylic oxidation sites excluding steroid dienone is 2. The van der Waals surface area contributed by atoms with Crippen LogP contribution in [0, 0.1) is 27.7 Å². The predicted octanol–water partition coefficient (Wildman–Crippen LogP) is 15.7. The third kappa shape index (κ3) is 14.8. The molecule has 0 heterocycles. The Morgan fingerprint density at radius 2 is 0.969 bits per heavy atom. The normalized spacial score (nSPS) is 12.1. The van der Waals surface area contributed by atoms with E-state index in [0.29, 0.717) is 11.8 Å². The number of benzene rings is 7. The van der Waals surface area contributed by atoms with Crippen molar-refractivity contribution in [3.63, 3.8) is 0 Å². The summed E-state index contributed by atoms with van der Waals surface area (Å²) in [7, 11) is 1.50. The van der Waals surface area contributed by atoms with Gasteiger partial charge in [-0.05, 0) is 131 Å². The minimum Gasteiger partial charge on any atom is -0.399 e. The minimum absolute atomic E-state index is 0.0417. The molecule has 0 fully saturated rings. The van der Waals surface area contributed by atoms with Crippen LogP contribution in [-0.4, -0.2) is 13.1 Å². The van der Waals surface area contributed by atoms with E-state index in [4.69, 9.17) is 17.2 Å². The minimum atomic E-state index is 0.0417. The number of fused-ring (bicyclic) bond motifs is 2. The van der Waals surface area contributed by atoms with E-state index in [1.165, 1.54) is 73.5 Å². The maximum atomic E-state index is 6.77. The van der Waals surface area contributed by atoms with E-state index in [0.717, 1.165) is 27.7 Å². The van der Waals surface area contributed by atoms with Gasteiger partial charge in [0.1, 0.15) is 0 Å². The highest BCUT2D eigenvalue weighted by Gasteiger charge is 2.17. The third-order valence-corrected chi connectivity index (χ3v) is 10.8. The second-order valence-corrected chi connectivity index (χ2v) is 15.9. The summed E-state index contributed by atoms with van der Waals surface area (Å²) >= 11 is 0. The van der Waals surface area contributed by atoms with Gasteiger partial charge in [-0.3, -0.25) is 0 Å². The van der Waals surface area contributed by atoms with Crippen LogP contribution >= 0.6 is 0 Å². The monoisotopic (exact) mass is 853 g/mol. The summed E-state index contributed by atoms with van der Waals surface area (Å²) in [6.07, 6.45) is 7.71. The van der Waals surface area contributed by atoms with E-state index < -0.39 is 0 Å². The molecule has 1 unspecified atom stereocenters. The molecule has 7 aromatic rings. The van der Waals surface area contributed by atoms with E-state index in [1.54, 1.807) is 0 Å². The van der Waals surface area contributed by atoms with Gasteiger partial charge < -0.3 is 22.9 Å². The number of nitrogen functional groups attached to an aromatic ring is 2. The average molecular weight is 853 g/mol. The van der Waals surface area contributed by atoms with Crippen molar-refractivity contribution in [2.75, 3.05) is 18.5 Å². The molecule has 0 saturated heterocycles. The van der Waals surface area contributed by atoms with Crippen molar-refractivity contribution in [1.82, 2.24) is 0 Å². The molecule has 8 N–H and O–H groups in total. The molecule has 1 atom stereocenters. The number of hydrogen-bond donors (Lipinski definition) is 4. The molecule has 0 aromatic heterocycles. The van der Waals surface area contributed by atoms with Gasteiger partial charge in [0, 0.05) is 28.2 Å². The highest BCUT2D eigenvalue weighted by atomic mass is 14.6. The maximum Gasteiger partial charge on any atom is 0.0478 e. The van der Waals surface area contributed by atoms with Crippen molar-refractivity contribution in [1.29, 1.82) is 0 Å². The first-order valence-electron chi connectivity index (χ1n) is 22.4. The quantitative estimate of drug-likeness (QED) is 0.0804. The third-order valence-electron chi connectivity index (χ3n) is 10.8. The molecule has 0 aliphatic heterocycles. The van der Waals surface area contributed by atoms with Crippen molar-refractivity contribution in [2.45, 2.75) is 87.1 Å². The van der Waals surface area contributed by atoms with Gasteiger partial charge in [-0.2, -0.15) is 0 Å². The lowest BCUT2D eigenvalue weighted by atomic mass is 9.86. The van der Waals surface area contributed by atoms with Gasteiger partial charge in [-0.1, -0.05) is 193 Å². The van der Waals surface area contributed by atoms with Gasteiger partial charge in [0.2, 0.25) is 0 Å². The van der Waals surface area contributed by atoms with Gasteiger partial charge in [0.25, 0.3) is 0 Å². The fourth-order valence-electron chi connectivity index (χ4n) is 7.10. The Balaban J connectivity index is 0.000000338. The van der Waals surface area contributed by atoms with Gasteiger partial charge in [0.05, 0.1) is 0 Å². The zero-order chi connectivity index (χ0) is 47.9. The number of nitrogens with two attached hydrogens (primary N) is 4. The summed E-state index contributed by atoms with van der Waals surface area (Å²) in [5, 5.41) is 4.66. The fraction of sp³-hybridized carbons (Fsp3) is 0.233. The highest BCUT2D eigenvalue weighted by Crippen LogP contribution is 2.44. The van der Waals surface area contributed by atoms with E-state index in [2.05, 4.69) is 202 Å². The Hall–Kier alpha value is -6.46. The number of hydrogen-bond acceptors (Lipinski definition) is 4. The maximum absolute atomic E-state index is 6.77. The number of aryl methyl sites for hydroxylation is 4. The zero-order valence-electron chi connectivity index (χ0n) is 40.7. The van der Waals surface area contributed by atoms with Crippen LogP contribution in [-0.2, 0) is 0 Å². The molecule has 64 heavy (non-hydrogen) atoms. The Labute approximate surface area is 387 Å². The molecular formula is C60H76N4. The fourth-order valence-corrected chi connectivity index (χ4v) is 7.10. The van der Waals surface area contributed by atoms with Crippen molar-refractivity contribution in [2.24, 2.45) is 11.5 Å². The number of rotatable bonds is 4. The summed E-state index contributed by atoms with van der Waals surface area (Å²) in [5.41, 5.74) is 38.0. The van der Waals surface area contributed by atoms with Gasteiger partial charge >= 0.3 is 0 Å². The second-order valence-electron chi connectivity index (χ2n) is 15.9. The van der Waals surface area contributed by atoms with Crippen LogP contribution in [0.15, 0.2) is 183 Å². The summed E-state index contributed by atoms with van der Waals surface area (Å²) in [5.74, 6) is 1.25. The van der Waals surface area contributed by atoms with Crippen molar-refractivity contribution in [3.05, 3.63) is 216 Å². The second kappa shape index (κ2) is 27.6. The standard InChI is InChI=1S/C29H25N.C10H14.C9H13N.C7H9N.C2H6.C2H4.CH5N/c1-18-10-4-6-12-21(18)25-17-27-26(16-20(25)3)28(22-13-7-5-11-19(22)2)23-14-8-9-15-24(23)29(27)30;1-8(2)10-6-4-9(3)5-7-10;1-7(2)8-3-5-9(10)6-4-8;1-6-4-2-3-5-7(6)8;3*1-2/h4-17H,30H2,1-3H3;4-8H,1-3H3;3-7H,10H2,1-2H3;2-5,7H,1,8H2;1-2H3;1-2H2;2H2,1H3. The zero-order valence-corrected chi connectivity index (χ0v) is 40.7. The van der Waals surface area contributed by atoms with Crippen LogP contribution in [0.4, 0.5) is 11.4 Å². The Kier molecular flexibility index (Phi) is 23.1. The van der Waals surface area contributed by atoms with Gasteiger partial charge in [0.15, 0.2) is 0 Å². The smallest absolute Gasteiger partial charge is 0.0478 e. The molecule has 1 aliphatic carbocycles. The van der Waals surface area contributed by atoms with Gasteiger partial charge in [-0.25, -0.2) is 0 Å². The van der Waals surface area contributed by atoms with Gasteiger partial charge in [-0.15, -0.1) is 13.2 Å². The Bertz CT molecular complexity index is 2510. The van der Waals surface area contributed by atoms with E-state index >= 15 is 0 Å². The van der Waals surface area contributed by atoms with Crippen LogP contribution in [0.1, 0.15) is 86.8 Å². The Morgan fingerprint density at radius 1 is 0.500 bits per heavy atom. The molecule has 4 heteroatoms. The molecular weight excluding hydrogens is 777 g/mol. The van der Waals surface area contributed by atoms with Crippen LogP contribution in [0.2, 0.25) is 0 Å². The molecule has 4 nitrogen and oxygen atoms in total. The summed E-state index contributed by atoms with van der Waals surface area (Å²) in [4.78, 5) is 0. The summed E-state index contributed by atoms with van der Waals surface area (Å²) < 4.78 is 0. The molecule has 0 bridgehead atoms. The molecule has 0 saturated carbocycles. The topological polar surface area (TPSA) is 104 Å². The molecule has 0 amide bonds. The van der Waals surface area contributed by atoms with Crippen molar-refractivity contribution >= 4 is 32.9 Å². The first kappa shape index (κ1) is 53.7. The lowest BCUT2D eigenvalue weighted by Crippen LogP contribution is -2.18. The molecule has 0 spiro atoms. The highest BCUT2D eigenvalue weighted by molar-refractivity contribution is 6.21. The van der Waals surface area contributed by atoms with Crippen molar-refractivity contribution in [3.8, 4) is 22.3 Å². The van der Waals surface area contributed by atoms with E-state index in [1.807, 2.05) is 50.3 Å². The van der Waals surface area contributed by atoms with E-state index in [9.17, 15) is 0 Å². The molecule has 7 aromatic carbocycles. The first-order valence-corrected chi connectivity index (χ1v) is 22.4. The summed E-state index contributed by atoms with van der Waals surface area (Å²) in [6, 6.07) is 47.1. The molecule has 0 radical (unpaired) electrons. The predicted molar refractivity (Wildman–Crippen MR) is 289 cm³/mol. The SMILES string of the molecule is C=C.C=C1C=CC=CC1N.CC.CC(C)c1ccc(N)cc1.CN.Cc1ccc(C(C)C)cc1.Cc1ccccc1-c1cc2c(N)c3ccccc3c(-c3ccccc3C)c2cc1C. The molecule has 1 aliphatic rings. The number of anilines is 2. The Morgan fingerprint density at radius 3 is 1.44 bits per heavy atom. The lowest BCUT2D eigenvalue weighted by molar-refractivity contribution is 0.866. The van der Waals surface area contributed by atoms with Crippen LogP contribution < -0.4 is 22.9 Å². The largest absolute Gasteiger partial charge is 0.399 e. The average Bonchev–Trinajstić information content (AvgIpc) is 3.31. The molecule has 336 valence electrons. The molecule has 8 rings (SSSR count). The first-order chi connectivity index (χ1) is 30.8. The van der Waals surface area contributed by atoms with Crippen molar-refractivity contribution < 1.29 is 0 Å². The summed E-state index contributed by atoms with van der Waals surface area (Å²) in [6.45, 7) is 31.2. The van der Waals surface area contributed by atoms with Crippen LogP contribution in [0.5, 0.6) is 0 Å².